The van der Waals surface area contributed by atoms with E-state index in [0.29, 0.717) is 5.92 Å². The lowest BCUT2D eigenvalue weighted by Crippen LogP contribution is -2.20. The van der Waals surface area contributed by atoms with E-state index in [2.05, 4.69) is 101 Å². The zero-order valence-electron chi connectivity index (χ0n) is 19.6. The first kappa shape index (κ1) is 19.9. The Morgan fingerprint density at radius 2 is 1.74 bits per heavy atom. The first-order valence-electron chi connectivity index (χ1n) is 11.1. The van der Waals surface area contributed by atoms with Crippen LogP contribution in [0.25, 0.3) is 43.6 Å². The van der Waals surface area contributed by atoms with E-state index >= 15 is 0 Å². The van der Waals surface area contributed by atoms with Gasteiger partial charge >= 0.3 is 0 Å². The van der Waals surface area contributed by atoms with Crippen LogP contribution >= 0.6 is 0 Å². The van der Waals surface area contributed by atoms with Crippen LogP contribution in [0.2, 0.25) is 0 Å². The summed E-state index contributed by atoms with van der Waals surface area (Å²) < 4.78 is 11.1. The molecule has 0 radical (unpaired) electrons. The molecule has 3 nitrogen and oxygen atoms in total. The third-order valence-electron chi connectivity index (χ3n) is 6.57. The van der Waals surface area contributed by atoms with Crippen LogP contribution in [0.15, 0.2) is 47.0 Å². The van der Waals surface area contributed by atoms with Crippen molar-refractivity contribution in [2.24, 2.45) is 13.0 Å². The number of rotatable bonds is 2. The number of aromatic nitrogens is 1. The van der Waals surface area contributed by atoms with Crippen molar-refractivity contribution in [1.29, 1.82) is 0 Å². The molecule has 5 rings (SSSR count). The molecule has 3 aromatic carbocycles. The molecule has 0 aliphatic heterocycles. The molecule has 31 heavy (non-hydrogen) atoms. The first-order chi connectivity index (χ1) is 14.7. The molecule has 0 saturated heterocycles. The van der Waals surface area contributed by atoms with E-state index in [4.69, 9.17) is 4.42 Å². The van der Waals surface area contributed by atoms with Crippen molar-refractivity contribution in [1.82, 2.24) is 9.14 Å². The van der Waals surface area contributed by atoms with Crippen molar-refractivity contribution in [3.63, 3.8) is 0 Å². The average Bonchev–Trinajstić information content (AvgIpc) is 2.70. The third kappa shape index (κ3) is 3.06. The van der Waals surface area contributed by atoms with Crippen LogP contribution in [0.1, 0.15) is 30.5 Å². The molecule has 0 saturated carbocycles. The smallest absolute Gasteiger partial charge is 0.200 e. The highest BCUT2D eigenvalue weighted by atomic mass is 16.3. The first-order valence-corrected chi connectivity index (χ1v) is 11.1. The lowest BCUT2D eigenvalue weighted by molar-refractivity contribution is 0.641. The highest BCUT2D eigenvalue weighted by Crippen LogP contribution is 2.39. The zero-order valence-corrected chi connectivity index (χ0v) is 19.6. The molecule has 2 heterocycles. The Morgan fingerprint density at radius 1 is 0.968 bits per heavy atom. The fourth-order valence-electron chi connectivity index (χ4n) is 4.97. The Balaban J connectivity index is 2.07. The SMILES string of the molecule is Cc1cc2cc(CC(C)C)cc3oc4c5cc(=[N+](C)C)ccc5cn(C)c4c(c1C)c23. The monoisotopic (exact) mass is 411 g/mol. The number of hydrogen-bond acceptors (Lipinski definition) is 1. The van der Waals surface area contributed by atoms with E-state index in [0.717, 1.165) is 23.0 Å². The lowest BCUT2D eigenvalue weighted by Gasteiger charge is -2.18. The number of nitrogens with zero attached hydrogens (tertiary/aromatic N) is 2. The van der Waals surface area contributed by atoms with Gasteiger partial charge in [-0.25, -0.2) is 4.58 Å². The summed E-state index contributed by atoms with van der Waals surface area (Å²) in [5.74, 6) is 0.604. The number of pyridine rings is 1. The number of aryl methyl sites for hydroxylation is 3. The summed E-state index contributed by atoms with van der Waals surface area (Å²) in [6.07, 6.45) is 3.28. The van der Waals surface area contributed by atoms with Crippen LogP contribution in [0.4, 0.5) is 0 Å². The van der Waals surface area contributed by atoms with Crippen molar-refractivity contribution in [2.45, 2.75) is 34.1 Å². The summed E-state index contributed by atoms with van der Waals surface area (Å²) >= 11 is 0. The Hall–Kier alpha value is -3.07. The number of hydrogen-bond donors (Lipinski definition) is 0. The van der Waals surface area contributed by atoms with Crippen molar-refractivity contribution >= 4 is 43.6 Å². The highest BCUT2D eigenvalue weighted by molar-refractivity contribution is 6.21. The molecule has 3 heteroatoms. The minimum Gasteiger partial charge on any atom is -0.454 e. The van der Waals surface area contributed by atoms with Gasteiger partial charge in [-0.05, 0) is 60.4 Å². The summed E-state index contributed by atoms with van der Waals surface area (Å²) in [5.41, 5.74) is 7.11. The van der Waals surface area contributed by atoms with Crippen LogP contribution in [0.5, 0.6) is 0 Å². The molecule has 158 valence electrons. The number of fused-ring (bicyclic) bond motifs is 4. The third-order valence-corrected chi connectivity index (χ3v) is 6.57. The van der Waals surface area contributed by atoms with Gasteiger partial charge in [0.1, 0.15) is 19.7 Å². The predicted molar refractivity (Wildman–Crippen MR) is 133 cm³/mol. The molecule has 5 aromatic rings. The molecular formula is C28H31N2O+. The van der Waals surface area contributed by atoms with Gasteiger partial charge in [-0.15, -0.1) is 0 Å². The van der Waals surface area contributed by atoms with Gasteiger partial charge < -0.3 is 8.98 Å². The van der Waals surface area contributed by atoms with Crippen LogP contribution in [0.3, 0.4) is 0 Å². The van der Waals surface area contributed by atoms with Gasteiger partial charge in [-0.1, -0.05) is 26.0 Å². The van der Waals surface area contributed by atoms with E-state index in [1.807, 2.05) is 0 Å². The van der Waals surface area contributed by atoms with E-state index in [-0.39, 0.29) is 0 Å². The molecule has 0 aliphatic rings. The largest absolute Gasteiger partial charge is 0.454 e. The molecule has 0 aliphatic carbocycles. The quantitative estimate of drug-likeness (QED) is 0.196. The molecular weight excluding hydrogens is 380 g/mol. The molecule has 0 spiro atoms. The fraction of sp³-hybridized carbons (Fsp3) is 0.321. The Bertz CT molecular complexity index is 1570. The maximum atomic E-state index is 6.76. The van der Waals surface area contributed by atoms with E-state index < -0.39 is 0 Å². The Morgan fingerprint density at radius 3 is 2.45 bits per heavy atom. The van der Waals surface area contributed by atoms with Gasteiger partial charge in [0.15, 0.2) is 10.9 Å². The summed E-state index contributed by atoms with van der Waals surface area (Å²) in [6.45, 7) is 9.01. The van der Waals surface area contributed by atoms with E-state index in [9.17, 15) is 0 Å². The standard InChI is InChI=1S/C28H31N2O/c1-16(2)10-19-12-21-11-17(3)18(4)25-26(21)24(13-19)31-28-23-14-22(29(5)6)9-8-20(23)15-30(7)27(25)28/h8-9,11-16H,10H2,1-7H3/q+1. The minimum atomic E-state index is 0.604. The summed E-state index contributed by atoms with van der Waals surface area (Å²) in [7, 11) is 6.30. The maximum absolute atomic E-state index is 6.76. The van der Waals surface area contributed by atoms with Gasteiger partial charge in [-0.2, -0.15) is 0 Å². The van der Waals surface area contributed by atoms with E-state index in [1.54, 1.807) is 0 Å². The predicted octanol–water partition coefficient (Wildman–Crippen LogP) is 6.08. The molecule has 2 aromatic heterocycles. The molecule has 0 unspecified atom stereocenters. The van der Waals surface area contributed by atoms with Crippen molar-refractivity contribution in [3.05, 3.63) is 64.6 Å². The van der Waals surface area contributed by atoms with Crippen LogP contribution < -0.4 is 9.93 Å². The van der Waals surface area contributed by atoms with Crippen molar-refractivity contribution in [2.75, 3.05) is 14.1 Å². The normalized spacial score (nSPS) is 12.1. The Labute approximate surface area is 183 Å². The summed E-state index contributed by atoms with van der Waals surface area (Å²) in [6, 6.07) is 13.5. The topological polar surface area (TPSA) is 21.1 Å². The van der Waals surface area contributed by atoms with Gasteiger partial charge in [0, 0.05) is 46.9 Å². The second-order valence-electron chi connectivity index (χ2n) is 9.67. The molecule has 0 bridgehead atoms. The Kier molecular flexibility index (Phi) is 4.47. The second kappa shape index (κ2) is 6.98. The minimum absolute atomic E-state index is 0.604. The number of benzene rings is 3. The highest BCUT2D eigenvalue weighted by Gasteiger charge is 2.18. The average molecular weight is 412 g/mol. The maximum Gasteiger partial charge on any atom is 0.200 e. The van der Waals surface area contributed by atoms with Gasteiger partial charge in [0.2, 0.25) is 0 Å². The van der Waals surface area contributed by atoms with E-state index in [1.165, 1.54) is 49.1 Å². The molecule has 0 N–H and O–H groups in total. The lowest BCUT2D eigenvalue weighted by atomic mass is 9.92. The van der Waals surface area contributed by atoms with Gasteiger partial charge in [-0.3, -0.25) is 0 Å². The summed E-state index contributed by atoms with van der Waals surface area (Å²) in [4.78, 5) is 0. The van der Waals surface area contributed by atoms with Crippen molar-refractivity contribution in [3.8, 4) is 0 Å². The molecule has 0 atom stereocenters. The molecule has 0 amide bonds. The van der Waals surface area contributed by atoms with Gasteiger partial charge in [0.05, 0.1) is 5.52 Å². The van der Waals surface area contributed by atoms with Crippen LogP contribution in [-0.4, -0.2) is 18.7 Å². The summed E-state index contributed by atoms with van der Waals surface area (Å²) in [5, 5.41) is 7.35. The van der Waals surface area contributed by atoms with Crippen LogP contribution in [0, 0.1) is 19.8 Å². The fourth-order valence-corrected chi connectivity index (χ4v) is 4.97. The molecule has 0 fully saturated rings. The zero-order chi connectivity index (χ0) is 22.0. The second-order valence-corrected chi connectivity index (χ2v) is 9.67. The van der Waals surface area contributed by atoms with Gasteiger partial charge in [0.25, 0.3) is 0 Å². The van der Waals surface area contributed by atoms with Crippen LogP contribution in [-0.2, 0) is 13.5 Å². The van der Waals surface area contributed by atoms with Crippen molar-refractivity contribution < 1.29 is 4.42 Å².